The third-order valence-corrected chi connectivity index (χ3v) is 5.68. The number of benzene rings is 2. The highest BCUT2D eigenvalue weighted by Crippen LogP contribution is 2.52. The summed E-state index contributed by atoms with van der Waals surface area (Å²) in [5.41, 5.74) is 0.281. The Morgan fingerprint density at radius 1 is 0.906 bits per heavy atom. The molecule has 0 fully saturated rings. The SMILES string of the molecule is COc1cc(C)c(C(c2ccccc2)c2c(Cl)cnc(Cl)c2C(F)(F)F)c(OC)c1OC. The number of hydrogen-bond donors (Lipinski definition) is 0. The number of nitrogens with zero attached hydrogens (tertiary/aromatic N) is 1. The number of methoxy groups -OCH3 is 3. The van der Waals surface area contributed by atoms with E-state index in [1.54, 1.807) is 43.3 Å². The summed E-state index contributed by atoms with van der Waals surface area (Å²) in [5.74, 6) is -0.125. The van der Waals surface area contributed by atoms with Gasteiger partial charge in [0.25, 0.3) is 0 Å². The molecule has 1 unspecified atom stereocenters. The predicted octanol–water partition coefficient (Wildman–Crippen LogP) is 6.92. The van der Waals surface area contributed by atoms with E-state index < -0.39 is 22.8 Å². The van der Waals surface area contributed by atoms with Crippen LogP contribution in [0.3, 0.4) is 0 Å². The summed E-state index contributed by atoms with van der Waals surface area (Å²) < 4.78 is 59.0. The van der Waals surface area contributed by atoms with Gasteiger partial charge >= 0.3 is 6.18 Å². The Morgan fingerprint density at radius 2 is 1.53 bits per heavy atom. The van der Waals surface area contributed by atoms with E-state index in [9.17, 15) is 13.2 Å². The molecule has 0 saturated heterocycles. The smallest absolute Gasteiger partial charge is 0.419 e. The van der Waals surface area contributed by atoms with E-state index >= 15 is 0 Å². The number of hydrogen-bond acceptors (Lipinski definition) is 4. The lowest BCUT2D eigenvalue weighted by Gasteiger charge is -2.28. The molecule has 0 radical (unpaired) electrons. The van der Waals surface area contributed by atoms with Gasteiger partial charge in [-0.3, -0.25) is 0 Å². The topological polar surface area (TPSA) is 40.6 Å². The quantitative estimate of drug-likeness (QED) is 0.355. The minimum atomic E-state index is -4.80. The summed E-state index contributed by atoms with van der Waals surface area (Å²) in [5, 5.41) is -0.859. The first kappa shape index (κ1) is 24.0. The second-order valence-electron chi connectivity index (χ2n) is 6.90. The van der Waals surface area contributed by atoms with E-state index in [-0.39, 0.29) is 22.1 Å². The fraction of sp³-hybridized carbons (Fsp3) is 0.261. The lowest BCUT2D eigenvalue weighted by Crippen LogP contribution is -2.18. The first-order chi connectivity index (χ1) is 15.1. The number of aryl methyl sites for hydroxylation is 1. The fourth-order valence-corrected chi connectivity index (χ4v) is 4.32. The Labute approximate surface area is 193 Å². The molecule has 9 heteroatoms. The molecule has 0 aliphatic rings. The van der Waals surface area contributed by atoms with Gasteiger partial charge in [0, 0.05) is 17.7 Å². The molecule has 1 aromatic heterocycles. The number of pyridine rings is 1. The van der Waals surface area contributed by atoms with Gasteiger partial charge in [-0.05, 0) is 29.7 Å². The first-order valence-electron chi connectivity index (χ1n) is 9.41. The maximum absolute atomic E-state index is 14.2. The average molecular weight is 486 g/mol. The Balaban J connectivity index is 2.51. The molecule has 3 aromatic rings. The van der Waals surface area contributed by atoms with Crippen LogP contribution < -0.4 is 14.2 Å². The van der Waals surface area contributed by atoms with Gasteiger partial charge in [0.15, 0.2) is 11.5 Å². The highest BCUT2D eigenvalue weighted by molar-refractivity contribution is 6.33. The third kappa shape index (κ3) is 4.32. The molecule has 0 aliphatic carbocycles. The number of rotatable bonds is 6. The molecule has 0 amide bonds. The van der Waals surface area contributed by atoms with Gasteiger partial charge in [0.05, 0.1) is 31.9 Å². The molecule has 0 saturated carbocycles. The van der Waals surface area contributed by atoms with Crippen LogP contribution in [0.15, 0.2) is 42.6 Å². The van der Waals surface area contributed by atoms with Gasteiger partial charge in [-0.2, -0.15) is 13.2 Å². The summed E-state index contributed by atoms with van der Waals surface area (Å²) in [7, 11) is 4.30. The summed E-state index contributed by atoms with van der Waals surface area (Å²) >= 11 is 12.3. The van der Waals surface area contributed by atoms with Gasteiger partial charge in [0.2, 0.25) is 5.75 Å². The molecule has 3 rings (SSSR count). The van der Waals surface area contributed by atoms with Crippen molar-refractivity contribution in [3.05, 3.63) is 80.6 Å². The van der Waals surface area contributed by atoms with Crippen LogP contribution in [-0.2, 0) is 6.18 Å². The molecule has 32 heavy (non-hydrogen) atoms. The van der Waals surface area contributed by atoms with Crippen LogP contribution in [0, 0.1) is 6.92 Å². The lowest BCUT2D eigenvalue weighted by molar-refractivity contribution is -0.138. The summed E-state index contributed by atoms with van der Waals surface area (Å²) in [6.45, 7) is 1.75. The second-order valence-corrected chi connectivity index (χ2v) is 7.67. The van der Waals surface area contributed by atoms with Crippen LogP contribution in [-0.4, -0.2) is 26.3 Å². The second kappa shape index (κ2) is 9.46. The van der Waals surface area contributed by atoms with Gasteiger partial charge in [-0.15, -0.1) is 0 Å². The lowest BCUT2D eigenvalue weighted by atomic mass is 9.80. The molecule has 1 atom stereocenters. The van der Waals surface area contributed by atoms with Crippen molar-refractivity contribution in [1.29, 1.82) is 0 Å². The molecule has 2 aromatic carbocycles. The minimum absolute atomic E-state index is 0.174. The summed E-state index contributed by atoms with van der Waals surface area (Å²) in [4.78, 5) is 3.64. The predicted molar refractivity (Wildman–Crippen MR) is 117 cm³/mol. The van der Waals surface area contributed by atoms with Crippen molar-refractivity contribution in [1.82, 2.24) is 4.98 Å². The zero-order valence-corrected chi connectivity index (χ0v) is 19.2. The van der Waals surface area contributed by atoms with Crippen molar-refractivity contribution in [3.63, 3.8) is 0 Å². The van der Waals surface area contributed by atoms with Crippen LogP contribution in [0.2, 0.25) is 10.2 Å². The standard InChI is InChI=1S/C23H20Cl2F3NO3/c1-12-10-15(30-2)20(31-3)21(32-4)16(12)17(13-8-6-5-7-9-13)18-14(24)11-29-22(25)19(18)23(26,27)28/h5-11,17H,1-4H3. The first-order valence-corrected chi connectivity index (χ1v) is 10.2. The van der Waals surface area contributed by atoms with E-state index in [0.29, 0.717) is 22.4 Å². The monoisotopic (exact) mass is 485 g/mol. The van der Waals surface area contributed by atoms with E-state index in [2.05, 4.69) is 4.98 Å². The number of halogens is 5. The summed E-state index contributed by atoms with van der Waals surface area (Å²) in [6.07, 6.45) is -3.68. The molecule has 170 valence electrons. The number of aromatic nitrogens is 1. The van der Waals surface area contributed by atoms with Crippen LogP contribution in [0.4, 0.5) is 13.2 Å². The maximum atomic E-state index is 14.2. The zero-order chi connectivity index (χ0) is 23.6. The highest BCUT2D eigenvalue weighted by atomic mass is 35.5. The Hall–Kier alpha value is -2.64. The van der Waals surface area contributed by atoms with Gasteiger partial charge in [-0.25, -0.2) is 4.98 Å². The summed E-state index contributed by atoms with van der Waals surface area (Å²) in [6, 6.07) is 10.3. The van der Waals surface area contributed by atoms with Gasteiger partial charge in [-0.1, -0.05) is 53.5 Å². The Bertz CT molecular complexity index is 1120. The molecule has 0 N–H and O–H groups in total. The minimum Gasteiger partial charge on any atom is -0.493 e. The molecule has 0 aliphatic heterocycles. The van der Waals surface area contributed by atoms with Crippen LogP contribution in [0.25, 0.3) is 0 Å². The normalized spacial score (nSPS) is 12.4. The number of alkyl halides is 3. The van der Waals surface area contributed by atoms with Gasteiger partial charge in [0.1, 0.15) is 5.15 Å². The van der Waals surface area contributed by atoms with E-state index in [1.165, 1.54) is 21.3 Å². The highest BCUT2D eigenvalue weighted by Gasteiger charge is 2.42. The molecule has 4 nitrogen and oxygen atoms in total. The maximum Gasteiger partial charge on any atom is 0.419 e. The molecule has 0 spiro atoms. The number of ether oxygens (including phenoxy) is 3. The van der Waals surface area contributed by atoms with Crippen LogP contribution in [0.5, 0.6) is 17.2 Å². The van der Waals surface area contributed by atoms with Crippen molar-refractivity contribution < 1.29 is 27.4 Å². The Kier molecular flexibility index (Phi) is 7.10. The van der Waals surface area contributed by atoms with Crippen molar-refractivity contribution in [2.45, 2.75) is 19.0 Å². The van der Waals surface area contributed by atoms with E-state index in [4.69, 9.17) is 37.4 Å². The largest absolute Gasteiger partial charge is 0.493 e. The van der Waals surface area contributed by atoms with Crippen molar-refractivity contribution in [2.24, 2.45) is 0 Å². The van der Waals surface area contributed by atoms with Gasteiger partial charge < -0.3 is 14.2 Å². The van der Waals surface area contributed by atoms with E-state index in [1.807, 2.05) is 0 Å². The molecule has 1 heterocycles. The third-order valence-electron chi connectivity index (χ3n) is 5.09. The van der Waals surface area contributed by atoms with E-state index in [0.717, 1.165) is 6.20 Å². The molecule has 0 bridgehead atoms. The zero-order valence-electron chi connectivity index (χ0n) is 17.7. The van der Waals surface area contributed by atoms with Crippen LogP contribution >= 0.6 is 23.2 Å². The van der Waals surface area contributed by atoms with Crippen molar-refractivity contribution in [2.75, 3.05) is 21.3 Å². The van der Waals surface area contributed by atoms with Crippen molar-refractivity contribution >= 4 is 23.2 Å². The molecular formula is C23H20Cl2F3NO3. The van der Waals surface area contributed by atoms with Crippen molar-refractivity contribution in [3.8, 4) is 17.2 Å². The Morgan fingerprint density at radius 3 is 2.06 bits per heavy atom. The van der Waals surface area contributed by atoms with Crippen LogP contribution in [0.1, 0.15) is 33.7 Å². The molecular weight excluding hydrogens is 466 g/mol. The fourth-order valence-electron chi connectivity index (χ4n) is 3.81. The average Bonchev–Trinajstić information content (AvgIpc) is 2.76.